The van der Waals surface area contributed by atoms with E-state index in [2.05, 4.69) is 23.0 Å². The third-order valence-electron chi connectivity index (χ3n) is 3.52. The zero-order valence-corrected chi connectivity index (χ0v) is 18.5. The molecule has 0 atom stereocenters. The lowest BCUT2D eigenvalue weighted by molar-refractivity contribution is 0.336. The zero-order chi connectivity index (χ0) is 17.7. The van der Waals surface area contributed by atoms with Crippen LogP contribution in [0, 0.1) is 0 Å². The fraction of sp³-hybridized carbons (Fsp3) is 0.421. The first-order valence-electron chi connectivity index (χ1n) is 8.57. The van der Waals surface area contributed by atoms with Crippen molar-refractivity contribution in [3.8, 4) is 5.75 Å². The maximum atomic E-state index is 5.67. The molecule has 2 N–H and O–H groups in total. The van der Waals surface area contributed by atoms with Gasteiger partial charge in [-0.2, -0.15) is 11.8 Å². The van der Waals surface area contributed by atoms with Crippen LogP contribution in [0.15, 0.2) is 52.1 Å². The number of ether oxygens (including phenoxy) is 1. The van der Waals surface area contributed by atoms with Crippen LogP contribution in [0.5, 0.6) is 5.75 Å². The summed E-state index contributed by atoms with van der Waals surface area (Å²) in [5.41, 5.74) is 1.08. The lowest BCUT2D eigenvalue weighted by atomic mass is 10.2. The van der Waals surface area contributed by atoms with Crippen molar-refractivity contribution in [1.82, 2.24) is 10.6 Å². The lowest BCUT2D eigenvalue weighted by Crippen LogP contribution is -2.39. The molecular weight excluding hydrogens is 461 g/mol. The largest absolute Gasteiger partial charge is 0.494 e. The summed E-state index contributed by atoms with van der Waals surface area (Å²) in [6.45, 7) is 4.87. The molecule has 0 aliphatic heterocycles. The molecule has 0 aliphatic rings. The molecular formula is C19H28IN3O2S. The third-order valence-corrected chi connectivity index (χ3v) is 4.13. The first-order chi connectivity index (χ1) is 12.3. The highest BCUT2D eigenvalue weighted by Crippen LogP contribution is 2.18. The Bertz CT molecular complexity index is 635. The Labute approximate surface area is 177 Å². The quantitative estimate of drug-likeness (QED) is 0.229. The standard InChI is InChI=1S/C19H27N3O2S.HI/c1-3-23-18-9-5-4-7-16(18)15-22-19(21-12-14-25-2)20-11-10-17-8-6-13-24-17;/h4-9,13H,3,10-12,14-15H2,1-2H3,(H2,20,21,22);1H. The molecule has 2 aromatic rings. The number of furan rings is 1. The number of rotatable bonds is 10. The monoisotopic (exact) mass is 489 g/mol. The van der Waals surface area contributed by atoms with E-state index in [1.807, 2.05) is 49.0 Å². The molecule has 1 aromatic carbocycles. The van der Waals surface area contributed by atoms with E-state index in [-0.39, 0.29) is 24.0 Å². The van der Waals surface area contributed by atoms with Gasteiger partial charge in [-0.3, -0.25) is 0 Å². The Morgan fingerprint density at radius 2 is 1.96 bits per heavy atom. The number of hydrogen-bond donors (Lipinski definition) is 2. The SMILES string of the molecule is CCOc1ccccc1CN=C(NCCSC)NCCc1ccco1.I. The highest BCUT2D eigenvalue weighted by atomic mass is 127. The second-order valence-corrected chi connectivity index (χ2v) is 6.37. The van der Waals surface area contributed by atoms with Crippen molar-refractivity contribution in [3.05, 3.63) is 54.0 Å². The van der Waals surface area contributed by atoms with Crippen LogP contribution in [0.25, 0.3) is 0 Å². The summed E-state index contributed by atoms with van der Waals surface area (Å²) in [7, 11) is 0. The number of hydrogen-bond acceptors (Lipinski definition) is 4. The topological polar surface area (TPSA) is 58.8 Å². The van der Waals surface area contributed by atoms with Gasteiger partial charge in [-0.1, -0.05) is 18.2 Å². The van der Waals surface area contributed by atoms with Gasteiger partial charge in [0.1, 0.15) is 11.5 Å². The van der Waals surface area contributed by atoms with Gasteiger partial charge in [-0.05, 0) is 31.4 Å². The van der Waals surface area contributed by atoms with Gasteiger partial charge < -0.3 is 19.8 Å². The summed E-state index contributed by atoms with van der Waals surface area (Å²) in [6, 6.07) is 11.9. The van der Waals surface area contributed by atoms with Crippen molar-refractivity contribution >= 4 is 41.7 Å². The Kier molecular flexibility index (Phi) is 12.0. The van der Waals surface area contributed by atoms with E-state index < -0.39 is 0 Å². The second-order valence-electron chi connectivity index (χ2n) is 5.38. The van der Waals surface area contributed by atoms with E-state index in [1.54, 1.807) is 6.26 Å². The van der Waals surface area contributed by atoms with Crippen molar-refractivity contribution in [2.75, 3.05) is 31.7 Å². The van der Waals surface area contributed by atoms with Gasteiger partial charge in [-0.15, -0.1) is 24.0 Å². The van der Waals surface area contributed by atoms with E-state index in [0.717, 1.165) is 48.3 Å². The number of benzene rings is 1. The van der Waals surface area contributed by atoms with Crippen molar-refractivity contribution in [1.29, 1.82) is 0 Å². The number of thioether (sulfide) groups is 1. The van der Waals surface area contributed by atoms with Crippen LogP contribution < -0.4 is 15.4 Å². The lowest BCUT2D eigenvalue weighted by Gasteiger charge is -2.13. The van der Waals surface area contributed by atoms with Crippen molar-refractivity contribution in [2.24, 2.45) is 4.99 Å². The minimum Gasteiger partial charge on any atom is -0.494 e. The van der Waals surface area contributed by atoms with Gasteiger partial charge >= 0.3 is 0 Å². The Morgan fingerprint density at radius 1 is 1.15 bits per heavy atom. The summed E-state index contributed by atoms with van der Waals surface area (Å²) in [6.07, 6.45) is 4.62. The maximum Gasteiger partial charge on any atom is 0.191 e. The van der Waals surface area contributed by atoms with Gasteiger partial charge in [-0.25, -0.2) is 4.99 Å². The summed E-state index contributed by atoms with van der Waals surface area (Å²) in [5, 5.41) is 6.74. The smallest absolute Gasteiger partial charge is 0.191 e. The predicted molar refractivity (Wildman–Crippen MR) is 121 cm³/mol. The maximum absolute atomic E-state index is 5.67. The molecule has 7 heteroatoms. The minimum atomic E-state index is 0. The average Bonchev–Trinajstić information content (AvgIpc) is 3.14. The van der Waals surface area contributed by atoms with Gasteiger partial charge in [0.25, 0.3) is 0 Å². The molecule has 26 heavy (non-hydrogen) atoms. The Balaban J connectivity index is 0.00000338. The van der Waals surface area contributed by atoms with Crippen molar-refractivity contribution in [3.63, 3.8) is 0 Å². The summed E-state index contributed by atoms with van der Waals surface area (Å²) in [5.74, 6) is 3.71. The molecule has 144 valence electrons. The summed E-state index contributed by atoms with van der Waals surface area (Å²) < 4.78 is 11.0. The molecule has 1 heterocycles. The minimum absolute atomic E-state index is 0. The fourth-order valence-corrected chi connectivity index (χ4v) is 2.61. The summed E-state index contributed by atoms with van der Waals surface area (Å²) in [4.78, 5) is 4.70. The molecule has 0 bridgehead atoms. The van der Waals surface area contributed by atoms with Gasteiger partial charge in [0, 0.05) is 30.8 Å². The molecule has 0 aliphatic carbocycles. The average molecular weight is 489 g/mol. The predicted octanol–water partition coefficient (Wildman–Crippen LogP) is 3.94. The number of guanidine groups is 1. The van der Waals surface area contributed by atoms with Crippen LogP contribution in [0.2, 0.25) is 0 Å². The van der Waals surface area contributed by atoms with Crippen molar-refractivity contribution in [2.45, 2.75) is 19.9 Å². The summed E-state index contributed by atoms with van der Waals surface area (Å²) >= 11 is 1.81. The number of nitrogens with one attached hydrogen (secondary N) is 2. The van der Waals surface area contributed by atoms with E-state index in [4.69, 9.17) is 14.1 Å². The number of aliphatic imine (C=N–C) groups is 1. The normalized spacial score (nSPS) is 10.9. The van der Waals surface area contributed by atoms with E-state index in [1.165, 1.54) is 0 Å². The fourth-order valence-electron chi connectivity index (χ4n) is 2.30. The number of nitrogens with zero attached hydrogens (tertiary/aromatic N) is 1. The highest BCUT2D eigenvalue weighted by molar-refractivity contribution is 14.0. The van der Waals surface area contributed by atoms with Crippen molar-refractivity contribution < 1.29 is 9.15 Å². The molecule has 0 saturated heterocycles. The Morgan fingerprint density at radius 3 is 2.69 bits per heavy atom. The van der Waals surface area contributed by atoms with Gasteiger partial charge in [0.05, 0.1) is 19.4 Å². The van der Waals surface area contributed by atoms with Crippen LogP contribution in [-0.4, -0.2) is 37.7 Å². The molecule has 5 nitrogen and oxygen atoms in total. The first-order valence-corrected chi connectivity index (χ1v) is 9.97. The Hall–Kier alpha value is -1.35. The molecule has 0 fully saturated rings. The van der Waals surface area contributed by atoms with Crippen LogP contribution in [0.3, 0.4) is 0 Å². The molecule has 0 unspecified atom stereocenters. The van der Waals surface area contributed by atoms with Crippen LogP contribution in [-0.2, 0) is 13.0 Å². The highest BCUT2D eigenvalue weighted by Gasteiger charge is 2.04. The van der Waals surface area contributed by atoms with E-state index in [9.17, 15) is 0 Å². The molecule has 0 amide bonds. The zero-order valence-electron chi connectivity index (χ0n) is 15.4. The molecule has 0 spiro atoms. The van der Waals surface area contributed by atoms with Crippen LogP contribution >= 0.6 is 35.7 Å². The van der Waals surface area contributed by atoms with Gasteiger partial charge in [0.15, 0.2) is 5.96 Å². The molecule has 0 saturated carbocycles. The second kappa shape index (κ2) is 13.8. The third kappa shape index (κ3) is 8.35. The molecule has 1 aromatic heterocycles. The molecule has 2 rings (SSSR count). The van der Waals surface area contributed by atoms with E-state index in [0.29, 0.717) is 13.2 Å². The van der Waals surface area contributed by atoms with Crippen LogP contribution in [0.4, 0.5) is 0 Å². The molecule has 0 radical (unpaired) electrons. The van der Waals surface area contributed by atoms with Crippen LogP contribution in [0.1, 0.15) is 18.2 Å². The number of halogens is 1. The van der Waals surface area contributed by atoms with Gasteiger partial charge in [0.2, 0.25) is 0 Å². The number of para-hydroxylation sites is 1. The first kappa shape index (κ1) is 22.7. The van der Waals surface area contributed by atoms with E-state index >= 15 is 0 Å².